The van der Waals surface area contributed by atoms with Crippen molar-refractivity contribution in [2.45, 2.75) is 38.8 Å². The highest BCUT2D eigenvalue weighted by molar-refractivity contribution is 5.80. The number of hydrogen-bond donors (Lipinski definition) is 2. The van der Waals surface area contributed by atoms with Crippen molar-refractivity contribution in [3.63, 3.8) is 0 Å². The highest BCUT2D eigenvalue weighted by Crippen LogP contribution is 2.14. The number of carbonyl (C=O) groups is 2. The molecule has 7 nitrogen and oxygen atoms in total. The molecule has 1 atom stereocenters. The molecule has 7 heteroatoms. The minimum atomic E-state index is -1.14. The summed E-state index contributed by atoms with van der Waals surface area (Å²) < 4.78 is 5.06. The summed E-state index contributed by atoms with van der Waals surface area (Å²) in [6, 6.07) is 5.60. The second kappa shape index (κ2) is 7.65. The average molecular weight is 311 g/mol. The zero-order valence-corrected chi connectivity index (χ0v) is 13.1. The third-order valence-corrected chi connectivity index (χ3v) is 2.53. The van der Waals surface area contributed by atoms with Gasteiger partial charge in [-0.15, -0.1) is 0 Å². The maximum Gasteiger partial charge on any atom is 0.408 e. The second-order valence-corrected chi connectivity index (χ2v) is 5.64. The first-order valence-corrected chi connectivity index (χ1v) is 6.73. The van der Waals surface area contributed by atoms with Crippen LogP contribution in [0.1, 0.15) is 26.3 Å². The first kappa shape index (κ1) is 17.8. The van der Waals surface area contributed by atoms with Crippen LogP contribution in [-0.2, 0) is 20.8 Å². The molecule has 122 valence electrons. The van der Waals surface area contributed by atoms with Crippen LogP contribution < -0.4 is 10.2 Å². The van der Waals surface area contributed by atoms with E-state index in [-0.39, 0.29) is 6.42 Å². The number of carboxylic acid groups (broad SMARTS) is 1. The second-order valence-electron chi connectivity index (χ2n) is 5.64. The number of alkyl carbamates (subject to hydrolysis) is 1. The molecule has 0 heterocycles. The Balaban J connectivity index is 2.68. The van der Waals surface area contributed by atoms with Gasteiger partial charge in [0.15, 0.2) is 5.75 Å². The minimum Gasteiger partial charge on any atom is -0.480 e. The van der Waals surface area contributed by atoms with Gasteiger partial charge in [-0.05, 0) is 38.5 Å². The number of aliphatic carboxylic acids is 1. The first-order valence-electron chi connectivity index (χ1n) is 6.73. The summed E-state index contributed by atoms with van der Waals surface area (Å²) in [5.41, 5.74) is 0.0404. The molecule has 1 rings (SSSR count). The number of hydrogen-bond acceptors (Lipinski definition) is 5. The zero-order chi connectivity index (χ0) is 16.8. The Morgan fingerprint density at radius 1 is 1.23 bits per heavy atom. The Morgan fingerprint density at radius 3 is 2.27 bits per heavy atom. The van der Waals surface area contributed by atoms with E-state index < -0.39 is 23.7 Å². The van der Waals surface area contributed by atoms with Crippen LogP contribution in [-0.4, -0.2) is 35.9 Å². The molecule has 0 bridgehead atoms. The Labute approximate surface area is 129 Å². The number of carboxylic acids is 1. The van der Waals surface area contributed by atoms with E-state index in [1.807, 2.05) is 0 Å². The van der Waals surface area contributed by atoms with Gasteiger partial charge in [0.05, 0.1) is 7.11 Å². The van der Waals surface area contributed by atoms with Gasteiger partial charge in [-0.1, -0.05) is 12.1 Å². The van der Waals surface area contributed by atoms with Gasteiger partial charge < -0.3 is 20.0 Å². The molecule has 0 saturated carbocycles. The highest BCUT2D eigenvalue weighted by atomic mass is 17.2. The zero-order valence-electron chi connectivity index (χ0n) is 13.1. The van der Waals surface area contributed by atoms with Crippen molar-refractivity contribution in [1.29, 1.82) is 0 Å². The molecule has 1 unspecified atom stereocenters. The minimum absolute atomic E-state index is 0.127. The lowest BCUT2D eigenvalue weighted by Crippen LogP contribution is -2.44. The van der Waals surface area contributed by atoms with Crippen molar-refractivity contribution in [3.8, 4) is 5.75 Å². The lowest BCUT2D eigenvalue weighted by Gasteiger charge is -2.22. The molecule has 2 N–H and O–H groups in total. The van der Waals surface area contributed by atoms with Crippen molar-refractivity contribution in [2.24, 2.45) is 0 Å². The van der Waals surface area contributed by atoms with Gasteiger partial charge in [-0.3, -0.25) is 0 Å². The highest BCUT2D eigenvalue weighted by Gasteiger charge is 2.24. The maximum atomic E-state index is 11.7. The molecule has 0 aliphatic rings. The Hall–Kier alpha value is -2.28. The molecule has 0 aliphatic heterocycles. The molecule has 0 aliphatic carbocycles. The Kier molecular flexibility index (Phi) is 6.18. The number of amides is 1. The number of carbonyl (C=O) groups excluding carboxylic acids is 1. The van der Waals surface area contributed by atoms with Crippen LogP contribution in [0.25, 0.3) is 0 Å². The van der Waals surface area contributed by atoms with Crippen LogP contribution in [0.5, 0.6) is 5.75 Å². The lowest BCUT2D eigenvalue weighted by molar-refractivity contribution is -0.178. The summed E-state index contributed by atoms with van der Waals surface area (Å²) in [5, 5.41) is 11.6. The van der Waals surface area contributed by atoms with Crippen LogP contribution in [0, 0.1) is 0 Å². The van der Waals surface area contributed by atoms with Gasteiger partial charge in [-0.25, -0.2) is 9.59 Å². The van der Waals surface area contributed by atoms with Gasteiger partial charge in [-0.2, -0.15) is 4.89 Å². The van der Waals surface area contributed by atoms with Gasteiger partial charge in [0.2, 0.25) is 0 Å². The van der Waals surface area contributed by atoms with Gasteiger partial charge in [0, 0.05) is 6.42 Å². The fourth-order valence-electron chi connectivity index (χ4n) is 1.66. The lowest BCUT2D eigenvalue weighted by atomic mass is 10.1. The van der Waals surface area contributed by atoms with Crippen molar-refractivity contribution in [3.05, 3.63) is 29.8 Å². The summed E-state index contributed by atoms with van der Waals surface area (Å²) >= 11 is 0. The van der Waals surface area contributed by atoms with Gasteiger partial charge in [0.25, 0.3) is 0 Å². The van der Waals surface area contributed by atoms with E-state index in [1.54, 1.807) is 45.0 Å². The topological polar surface area (TPSA) is 94.1 Å². The number of rotatable bonds is 6. The Morgan fingerprint density at radius 2 is 1.82 bits per heavy atom. The standard InChI is InChI=1S/C15H21NO6/c1-15(2,3)21-14(19)16-12(13(17)18)9-10-5-7-11(8-6-10)22-20-4/h5-8,12H,9H2,1-4H3,(H,16,19)(H,17,18). The summed E-state index contributed by atoms with van der Waals surface area (Å²) in [6.45, 7) is 5.12. The van der Waals surface area contributed by atoms with E-state index in [4.69, 9.17) is 9.62 Å². The molecule has 0 spiro atoms. The van der Waals surface area contributed by atoms with Crippen molar-refractivity contribution < 1.29 is 29.2 Å². The van der Waals surface area contributed by atoms with E-state index in [9.17, 15) is 14.7 Å². The van der Waals surface area contributed by atoms with Gasteiger partial charge >= 0.3 is 12.1 Å². The summed E-state index contributed by atoms with van der Waals surface area (Å²) in [5.74, 6) is -0.638. The summed E-state index contributed by atoms with van der Waals surface area (Å²) in [4.78, 5) is 32.3. The van der Waals surface area contributed by atoms with E-state index in [0.717, 1.165) is 5.56 Å². The molecule has 0 aromatic heterocycles. The molecular formula is C15H21NO6. The summed E-state index contributed by atoms with van der Waals surface area (Å²) in [7, 11) is 1.39. The quantitative estimate of drug-likeness (QED) is 0.617. The molecule has 1 aromatic carbocycles. The summed E-state index contributed by atoms with van der Waals surface area (Å²) in [6.07, 6.45) is -0.638. The fourth-order valence-corrected chi connectivity index (χ4v) is 1.66. The van der Waals surface area contributed by atoms with Crippen LogP contribution in [0.15, 0.2) is 24.3 Å². The van der Waals surface area contributed by atoms with Crippen LogP contribution in [0.4, 0.5) is 4.79 Å². The number of ether oxygens (including phenoxy) is 1. The molecule has 0 fully saturated rings. The molecule has 1 aromatic rings. The van der Waals surface area contributed by atoms with Crippen LogP contribution in [0.3, 0.4) is 0 Å². The van der Waals surface area contributed by atoms with Crippen LogP contribution >= 0.6 is 0 Å². The monoisotopic (exact) mass is 311 g/mol. The van der Waals surface area contributed by atoms with Gasteiger partial charge in [0.1, 0.15) is 11.6 Å². The molecular weight excluding hydrogens is 290 g/mol. The van der Waals surface area contributed by atoms with E-state index in [1.165, 1.54) is 7.11 Å². The largest absolute Gasteiger partial charge is 0.480 e. The fraction of sp³-hybridized carbons (Fsp3) is 0.467. The predicted octanol–water partition coefficient (Wildman–Crippen LogP) is 2.15. The van der Waals surface area contributed by atoms with Crippen molar-refractivity contribution in [1.82, 2.24) is 5.32 Å². The maximum absolute atomic E-state index is 11.7. The molecule has 1 amide bonds. The number of nitrogens with one attached hydrogen (secondary N) is 1. The molecule has 22 heavy (non-hydrogen) atoms. The smallest absolute Gasteiger partial charge is 0.408 e. The molecule has 0 radical (unpaired) electrons. The first-order chi connectivity index (χ1) is 10.2. The predicted molar refractivity (Wildman–Crippen MR) is 78.6 cm³/mol. The normalized spacial score (nSPS) is 12.4. The third-order valence-electron chi connectivity index (χ3n) is 2.53. The molecule has 0 saturated heterocycles. The van der Waals surface area contributed by atoms with Crippen LogP contribution in [0.2, 0.25) is 0 Å². The van der Waals surface area contributed by atoms with Crippen molar-refractivity contribution >= 4 is 12.1 Å². The van der Waals surface area contributed by atoms with E-state index in [2.05, 4.69) is 10.2 Å². The third kappa shape index (κ3) is 6.45. The number of benzene rings is 1. The SMILES string of the molecule is COOc1ccc(CC(NC(=O)OC(C)(C)C)C(=O)O)cc1. The van der Waals surface area contributed by atoms with Crippen molar-refractivity contribution in [2.75, 3.05) is 7.11 Å². The van der Waals surface area contributed by atoms with E-state index in [0.29, 0.717) is 5.75 Å². The average Bonchev–Trinajstić information content (AvgIpc) is 2.38. The Bertz CT molecular complexity index is 506. The van der Waals surface area contributed by atoms with E-state index >= 15 is 0 Å².